The van der Waals surface area contributed by atoms with Crippen molar-refractivity contribution in [2.45, 2.75) is 37.8 Å². The minimum atomic E-state index is -1.07. The zero-order valence-corrected chi connectivity index (χ0v) is 28.2. The highest BCUT2D eigenvalue weighted by molar-refractivity contribution is 6.24. The Morgan fingerprint density at radius 3 is 2.53 bits per heavy atom. The van der Waals surface area contributed by atoms with Crippen LogP contribution in [0.5, 0.6) is 0 Å². The average Bonchev–Trinajstić information content (AvgIpc) is 3.85. The standard InChI is InChI=1S/C38H32FN9O5/c39-23-5-1-4-21(16-23)28-7-3-15-46(28)33-13-12-31-40-18-30(48(31)44-33)27-6-2-8-32(42-27)45-19-22(20-45)35(50)41-24-9-10-25-26(17-24)38(53)47(37(25)52)29-11-14-34(49)43-36(29)51/h1-2,4-6,8-10,12-13,16-18,22,28-29H,3,7,11,14-15,19-20H2,(H,41,50)(H,43,49,51). The summed E-state index contributed by atoms with van der Waals surface area (Å²) in [5, 5.41) is 9.98. The number of hydrogen-bond donors (Lipinski definition) is 2. The number of pyridine rings is 1. The molecule has 0 spiro atoms. The van der Waals surface area contributed by atoms with Crippen LogP contribution >= 0.6 is 0 Å². The third-order valence-corrected chi connectivity index (χ3v) is 10.4. The summed E-state index contributed by atoms with van der Waals surface area (Å²) < 4.78 is 15.8. The molecule has 266 valence electrons. The number of carbonyl (C=O) groups is 5. The average molecular weight is 714 g/mol. The highest BCUT2D eigenvalue weighted by Crippen LogP contribution is 2.36. The summed E-state index contributed by atoms with van der Waals surface area (Å²) in [7, 11) is 0. The second-order valence-corrected chi connectivity index (χ2v) is 13.7. The molecule has 3 fully saturated rings. The summed E-state index contributed by atoms with van der Waals surface area (Å²) >= 11 is 0. The maximum Gasteiger partial charge on any atom is 0.262 e. The van der Waals surface area contributed by atoms with Crippen LogP contribution in [-0.2, 0) is 14.4 Å². The molecule has 0 saturated carbocycles. The molecule has 0 bridgehead atoms. The SMILES string of the molecule is O=C1CCC(N2C(=O)c3ccc(NC(=O)C4CN(c5cccc(-c6cnc7ccc(N8CCCC8c8cccc(F)c8)nn67)n5)C4)cc3C2=O)C(=O)N1. The first-order chi connectivity index (χ1) is 25.7. The lowest BCUT2D eigenvalue weighted by Crippen LogP contribution is -2.54. The number of piperidine rings is 1. The van der Waals surface area contributed by atoms with Crippen LogP contribution in [-0.4, -0.2) is 79.7 Å². The van der Waals surface area contributed by atoms with E-state index in [2.05, 4.69) is 20.5 Å². The second kappa shape index (κ2) is 12.6. The summed E-state index contributed by atoms with van der Waals surface area (Å²) in [6, 6.07) is 19.7. The van der Waals surface area contributed by atoms with E-state index in [9.17, 15) is 28.4 Å². The first kappa shape index (κ1) is 32.4. The van der Waals surface area contributed by atoms with Gasteiger partial charge in [-0.25, -0.2) is 18.9 Å². The van der Waals surface area contributed by atoms with Gasteiger partial charge in [0.25, 0.3) is 11.8 Å². The minimum Gasteiger partial charge on any atom is -0.355 e. The van der Waals surface area contributed by atoms with Gasteiger partial charge in [0.05, 0.1) is 35.0 Å². The highest BCUT2D eigenvalue weighted by Gasteiger charge is 2.45. The fourth-order valence-electron chi connectivity index (χ4n) is 7.66. The molecule has 53 heavy (non-hydrogen) atoms. The van der Waals surface area contributed by atoms with Gasteiger partial charge in [0.1, 0.15) is 29.2 Å². The van der Waals surface area contributed by atoms with Crippen LogP contribution in [0.2, 0.25) is 0 Å². The zero-order valence-electron chi connectivity index (χ0n) is 28.2. The highest BCUT2D eigenvalue weighted by atomic mass is 19.1. The molecule has 7 heterocycles. The molecule has 2 aromatic carbocycles. The van der Waals surface area contributed by atoms with Gasteiger partial charge in [-0.15, -0.1) is 5.10 Å². The minimum absolute atomic E-state index is 0.0189. The van der Waals surface area contributed by atoms with Gasteiger partial charge in [-0.05, 0) is 79.4 Å². The molecule has 0 radical (unpaired) electrons. The summed E-state index contributed by atoms with van der Waals surface area (Å²) in [4.78, 5) is 77.9. The normalized spacial score (nSPS) is 20.2. The number of amides is 5. The van der Waals surface area contributed by atoms with Crippen molar-refractivity contribution in [1.82, 2.24) is 29.8 Å². The third kappa shape index (κ3) is 5.64. The number of nitrogens with one attached hydrogen (secondary N) is 2. The predicted octanol–water partition coefficient (Wildman–Crippen LogP) is 3.75. The fraction of sp³-hybridized carbons (Fsp3) is 0.263. The van der Waals surface area contributed by atoms with Crippen molar-refractivity contribution in [2.75, 3.05) is 34.8 Å². The fourth-order valence-corrected chi connectivity index (χ4v) is 7.66. The van der Waals surface area contributed by atoms with Crippen molar-refractivity contribution in [3.8, 4) is 11.4 Å². The van der Waals surface area contributed by atoms with Gasteiger partial charge in [-0.3, -0.25) is 34.2 Å². The van der Waals surface area contributed by atoms with Crippen LogP contribution in [0.4, 0.5) is 21.7 Å². The largest absolute Gasteiger partial charge is 0.355 e. The molecule has 2 N–H and O–H groups in total. The zero-order chi connectivity index (χ0) is 36.4. The summed E-state index contributed by atoms with van der Waals surface area (Å²) in [6.45, 7) is 1.63. The number of benzene rings is 2. The summed E-state index contributed by atoms with van der Waals surface area (Å²) in [6.07, 6.45) is 3.69. The van der Waals surface area contributed by atoms with Gasteiger partial charge in [-0.2, -0.15) is 0 Å². The van der Waals surface area contributed by atoms with Crippen molar-refractivity contribution < 1.29 is 28.4 Å². The van der Waals surface area contributed by atoms with Gasteiger partial charge in [0.15, 0.2) is 5.65 Å². The number of imidazole rings is 1. The number of carbonyl (C=O) groups excluding carboxylic acids is 5. The lowest BCUT2D eigenvalue weighted by molar-refractivity contribution is -0.136. The lowest BCUT2D eigenvalue weighted by atomic mass is 9.98. The lowest BCUT2D eigenvalue weighted by Gasteiger charge is -2.39. The molecule has 3 saturated heterocycles. The summed E-state index contributed by atoms with van der Waals surface area (Å²) in [5.74, 6) is -1.77. The Morgan fingerprint density at radius 2 is 1.70 bits per heavy atom. The Labute approximate surface area is 301 Å². The van der Waals surface area contributed by atoms with Gasteiger partial charge < -0.3 is 15.1 Å². The van der Waals surface area contributed by atoms with Gasteiger partial charge >= 0.3 is 0 Å². The molecule has 2 unspecified atom stereocenters. The van der Waals surface area contributed by atoms with Crippen LogP contribution in [0, 0.1) is 11.7 Å². The maximum atomic E-state index is 14.1. The number of nitrogens with zero attached hydrogens (tertiary/aromatic N) is 7. The van der Waals surface area contributed by atoms with Gasteiger partial charge in [-0.1, -0.05) is 18.2 Å². The van der Waals surface area contributed by atoms with E-state index in [1.807, 2.05) is 41.3 Å². The van der Waals surface area contributed by atoms with Crippen molar-refractivity contribution in [2.24, 2.45) is 5.92 Å². The number of imide groups is 2. The van der Waals surface area contributed by atoms with Crippen LogP contribution in [0.1, 0.15) is 58.0 Å². The van der Waals surface area contributed by atoms with Crippen LogP contribution in [0.25, 0.3) is 17.0 Å². The summed E-state index contributed by atoms with van der Waals surface area (Å²) in [5.41, 5.74) is 3.55. The molecule has 0 aliphatic carbocycles. The van der Waals surface area contributed by atoms with Crippen molar-refractivity contribution in [3.05, 3.63) is 102 Å². The Kier molecular flexibility index (Phi) is 7.71. The topological polar surface area (TPSA) is 162 Å². The van der Waals surface area contributed by atoms with E-state index in [0.717, 1.165) is 35.7 Å². The first-order valence-electron chi connectivity index (χ1n) is 17.5. The van der Waals surface area contributed by atoms with E-state index < -0.39 is 29.7 Å². The molecule has 2 atom stereocenters. The predicted molar refractivity (Wildman–Crippen MR) is 189 cm³/mol. The third-order valence-electron chi connectivity index (χ3n) is 10.4. The number of fused-ring (bicyclic) bond motifs is 2. The second-order valence-electron chi connectivity index (χ2n) is 13.7. The molecule has 15 heteroatoms. The maximum absolute atomic E-state index is 14.1. The molecule has 5 amide bonds. The van der Waals surface area contributed by atoms with E-state index in [1.54, 1.807) is 28.9 Å². The van der Waals surface area contributed by atoms with E-state index in [4.69, 9.17) is 10.1 Å². The van der Waals surface area contributed by atoms with Crippen molar-refractivity contribution in [1.29, 1.82) is 0 Å². The van der Waals surface area contributed by atoms with E-state index in [1.165, 1.54) is 18.2 Å². The molecule has 4 aliphatic rings. The number of halogens is 1. The van der Waals surface area contributed by atoms with Gasteiger partial charge in [0.2, 0.25) is 17.7 Å². The quantitative estimate of drug-likeness (QED) is 0.238. The Balaban J connectivity index is 0.871. The van der Waals surface area contributed by atoms with Crippen LogP contribution in [0.3, 0.4) is 0 Å². The van der Waals surface area contributed by atoms with E-state index >= 15 is 0 Å². The Bertz CT molecular complexity index is 2370. The number of hydrogen-bond acceptors (Lipinski definition) is 10. The molecule has 4 aliphatic heterocycles. The van der Waals surface area contributed by atoms with Crippen LogP contribution < -0.4 is 20.4 Å². The van der Waals surface area contributed by atoms with E-state index in [0.29, 0.717) is 41.6 Å². The van der Waals surface area contributed by atoms with Crippen molar-refractivity contribution >= 4 is 52.5 Å². The number of anilines is 3. The van der Waals surface area contributed by atoms with Crippen molar-refractivity contribution in [3.63, 3.8) is 0 Å². The molecule has 9 rings (SSSR count). The molecular formula is C38H32FN9O5. The smallest absolute Gasteiger partial charge is 0.262 e. The molecule has 5 aromatic rings. The molecule has 14 nitrogen and oxygen atoms in total. The van der Waals surface area contributed by atoms with Gasteiger partial charge in [0, 0.05) is 31.7 Å². The first-order valence-corrected chi connectivity index (χ1v) is 17.5. The monoisotopic (exact) mass is 713 g/mol. The number of rotatable bonds is 7. The molecular weight excluding hydrogens is 681 g/mol. The Morgan fingerprint density at radius 1 is 0.868 bits per heavy atom. The van der Waals surface area contributed by atoms with Crippen LogP contribution in [0.15, 0.2) is 79.0 Å². The molecule has 3 aromatic heterocycles. The van der Waals surface area contributed by atoms with E-state index in [-0.39, 0.29) is 47.7 Å². The Hall–Kier alpha value is -6.51. The number of aromatic nitrogens is 4.